The number of nitrogens with zero attached hydrogens (tertiary/aromatic N) is 1. The molecular weight excluding hydrogens is 411 g/mol. The van der Waals surface area contributed by atoms with Gasteiger partial charge in [-0.05, 0) is 55.7 Å². The van der Waals surface area contributed by atoms with Crippen LogP contribution in [-0.2, 0) is 6.42 Å². The molecule has 0 aliphatic heterocycles. The fraction of sp³-hybridized carbons (Fsp3) is 0.235. The number of guanidine groups is 1. The first-order valence-corrected chi connectivity index (χ1v) is 7.04. The van der Waals surface area contributed by atoms with E-state index in [1.54, 1.807) is 0 Å². The first-order valence-electron chi connectivity index (χ1n) is 7.04. The maximum absolute atomic E-state index is 13.5. The third-order valence-electron chi connectivity index (χ3n) is 3.48. The van der Waals surface area contributed by atoms with Crippen LogP contribution in [-0.4, -0.2) is 12.5 Å². The van der Waals surface area contributed by atoms with Crippen LogP contribution in [0.2, 0.25) is 0 Å². The summed E-state index contributed by atoms with van der Waals surface area (Å²) in [7, 11) is 0. The third-order valence-corrected chi connectivity index (χ3v) is 3.48. The minimum absolute atomic E-state index is 0. The largest absolute Gasteiger partial charge is 0.370 e. The third kappa shape index (κ3) is 5.46. The molecule has 3 N–H and O–H groups in total. The number of anilines is 1. The lowest BCUT2D eigenvalue weighted by Crippen LogP contribution is -2.23. The molecule has 0 amide bonds. The molecule has 23 heavy (non-hydrogen) atoms. The normalized spacial score (nSPS) is 11.0. The highest BCUT2D eigenvalue weighted by atomic mass is 127. The fourth-order valence-corrected chi connectivity index (χ4v) is 2.07. The molecule has 0 radical (unpaired) electrons. The van der Waals surface area contributed by atoms with E-state index in [9.17, 15) is 8.78 Å². The molecule has 0 fully saturated rings. The number of rotatable bonds is 4. The van der Waals surface area contributed by atoms with E-state index in [1.165, 1.54) is 23.8 Å². The van der Waals surface area contributed by atoms with E-state index in [2.05, 4.69) is 10.3 Å². The topological polar surface area (TPSA) is 50.4 Å². The average Bonchev–Trinajstić information content (AvgIpc) is 2.46. The maximum atomic E-state index is 13.5. The smallest absolute Gasteiger partial charge is 0.193 e. The molecule has 0 aromatic heterocycles. The molecule has 0 aliphatic rings. The molecule has 3 nitrogen and oxygen atoms in total. The molecule has 2 aromatic carbocycles. The van der Waals surface area contributed by atoms with Gasteiger partial charge < -0.3 is 11.1 Å². The van der Waals surface area contributed by atoms with Crippen molar-refractivity contribution >= 4 is 35.6 Å². The number of halogens is 3. The Hall–Kier alpha value is -1.70. The minimum Gasteiger partial charge on any atom is -0.370 e. The second kappa shape index (κ2) is 8.81. The Bertz CT molecular complexity index is 682. The van der Waals surface area contributed by atoms with Crippen molar-refractivity contribution in [2.45, 2.75) is 20.3 Å². The molecule has 0 bridgehead atoms. The number of hydrogen-bond acceptors (Lipinski definition) is 1. The molecule has 6 heteroatoms. The molecule has 0 saturated heterocycles. The zero-order valence-corrected chi connectivity index (χ0v) is 15.4. The number of hydrogen-bond donors (Lipinski definition) is 2. The number of aliphatic imine (C=N–C) groups is 1. The number of aryl methyl sites for hydroxylation is 2. The summed E-state index contributed by atoms with van der Waals surface area (Å²) in [6, 6.07) is 9.67. The Balaban J connectivity index is 0.00000264. The van der Waals surface area contributed by atoms with Crippen molar-refractivity contribution in [3.05, 3.63) is 64.7 Å². The molecule has 2 rings (SSSR count). The van der Waals surface area contributed by atoms with Gasteiger partial charge in [0.1, 0.15) is 11.6 Å². The van der Waals surface area contributed by atoms with Crippen LogP contribution in [0.4, 0.5) is 14.5 Å². The van der Waals surface area contributed by atoms with Gasteiger partial charge in [-0.3, -0.25) is 4.99 Å². The molecule has 2 aromatic rings. The van der Waals surface area contributed by atoms with E-state index in [-0.39, 0.29) is 48.5 Å². The summed E-state index contributed by atoms with van der Waals surface area (Å²) in [5.41, 5.74) is 8.99. The van der Waals surface area contributed by atoms with Crippen molar-refractivity contribution in [1.29, 1.82) is 0 Å². The van der Waals surface area contributed by atoms with Gasteiger partial charge in [0.05, 0.1) is 0 Å². The Morgan fingerprint density at radius 3 is 2.35 bits per heavy atom. The molecule has 0 atom stereocenters. The SMILES string of the molecule is Cc1ccc(NC(N)=NCCc2c(F)cccc2F)cc1C.I. The van der Waals surface area contributed by atoms with Gasteiger partial charge in [0.2, 0.25) is 0 Å². The minimum atomic E-state index is -0.559. The summed E-state index contributed by atoms with van der Waals surface area (Å²) in [4.78, 5) is 4.10. The Morgan fingerprint density at radius 1 is 1.09 bits per heavy atom. The molecule has 0 saturated carbocycles. The van der Waals surface area contributed by atoms with Gasteiger partial charge in [-0.2, -0.15) is 0 Å². The number of benzene rings is 2. The van der Waals surface area contributed by atoms with E-state index < -0.39 is 11.6 Å². The van der Waals surface area contributed by atoms with Gasteiger partial charge in [0.25, 0.3) is 0 Å². The molecule has 0 heterocycles. The Labute approximate surface area is 152 Å². The van der Waals surface area contributed by atoms with Gasteiger partial charge in [0, 0.05) is 17.8 Å². The standard InChI is InChI=1S/C17H19F2N3.HI/c1-11-6-7-13(10-12(11)2)22-17(20)21-9-8-14-15(18)4-3-5-16(14)19;/h3-7,10H,8-9H2,1-2H3,(H3,20,21,22);1H. The van der Waals surface area contributed by atoms with Crippen molar-refractivity contribution in [2.75, 3.05) is 11.9 Å². The fourth-order valence-electron chi connectivity index (χ4n) is 2.07. The zero-order chi connectivity index (χ0) is 16.1. The van der Waals surface area contributed by atoms with Crippen LogP contribution < -0.4 is 11.1 Å². The van der Waals surface area contributed by atoms with Crippen molar-refractivity contribution in [3.63, 3.8) is 0 Å². The van der Waals surface area contributed by atoms with E-state index in [1.807, 2.05) is 32.0 Å². The van der Waals surface area contributed by atoms with Crippen molar-refractivity contribution in [3.8, 4) is 0 Å². The van der Waals surface area contributed by atoms with E-state index >= 15 is 0 Å². The second-order valence-electron chi connectivity index (χ2n) is 5.14. The van der Waals surface area contributed by atoms with Crippen LogP contribution in [0.25, 0.3) is 0 Å². The number of nitrogens with one attached hydrogen (secondary N) is 1. The lowest BCUT2D eigenvalue weighted by molar-refractivity contribution is 0.556. The average molecular weight is 431 g/mol. The molecule has 0 unspecified atom stereocenters. The molecule has 124 valence electrons. The highest BCUT2D eigenvalue weighted by Gasteiger charge is 2.07. The van der Waals surface area contributed by atoms with E-state index in [0.717, 1.165) is 11.3 Å². The van der Waals surface area contributed by atoms with Gasteiger partial charge in [-0.15, -0.1) is 24.0 Å². The summed E-state index contributed by atoms with van der Waals surface area (Å²) < 4.78 is 26.9. The van der Waals surface area contributed by atoms with Gasteiger partial charge in [0.15, 0.2) is 5.96 Å². The molecule has 0 spiro atoms. The monoisotopic (exact) mass is 431 g/mol. The Morgan fingerprint density at radius 2 is 1.74 bits per heavy atom. The van der Waals surface area contributed by atoms with Gasteiger partial charge in [-0.1, -0.05) is 12.1 Å². The van der Waals surface area contributed by atoms with Crippen LogP contribution in [0.1, 0.15) is 16.7 Å². The molecule has 0 aliphatic carbocycles. The first-order chi connectivity index (χ1) is 10.5. The van der Waals surface area contributed by atoms with Crippen LogP contribution in [0.5, 0.6) is 0 Å². The van der Waals surface area contributed by atoms with Gasteiger partial charge >= 0.3 is 0 Å². The van der Waals surface area contributed by atoms with Crippen LogP contribution in [0.15, 0.2) is 41.4 Å². The van der Waals surface area contributed by atoms with Crippen LogP contribution >= 0.6 is 24.0 Å². The van der Waals surface area contributed by atoms with Crippen molar-refractivity contribution < 1.29 is 8.78 Å². The van der Waals surface area contributed by atoms with Crippen LogP contribution in [0.3, 0.4) is 0 Å². The van der Waals surface area contributed by atoms with Crippen LogP contribution in [0, 0.1) is 25.5 Å². The predicted octanol–water partition coefficient (Wildman–Crippen LogP) is 4.17. The zero-order valence-electron chi connectivity index (χ0n) is 13.1. The number of nitrogens with two attached hydrogens (primary N) is 1. The summed E-state index contributed by atoms with van der Waals surface area (Å²) >= 11 is 0. The quantitative estimate of drug-likeness (QED) is 0.434. The highest BCUT2D eigenvalue weighted by Crippen LogP contribution is 2.14. The van der Waals surface area contributed by atoms with Crippen molar-refractivity contribution in [2.24, 2.45) is 10.7 Å². The second-order valence-corrected chi connectivity index (χ2v) is 5.14. The van der Waals surface area contributed by atoms with E-state index in [4.69, 9.17) is 5.73 Å². The summed E-state index contributed by atoms with van der Waals surface area (Å²) in [6.45, 7) is 4.25. The summed E-state index contributed by atoms with van der Waals surface area (Å²) in [5, 5.41) is 2.97. The first kappa shape index (κ1) is 19.3. The summed E-state index contributed by atoms with van der Waals surface area (Å²) in [5.74, 6) is -0.896. The van der Waals surface area contributed by atoms with Crippen molar-refractivity contribution in [1.82, 2.24) is 0 Å². The van der Waals surface area contributed by atoms with Gasteiger partial charge in [-0.25, -0.2) is 8.78 Å². The lowest BCUT2D eigenvalue weighted by Gasteiger charge is -2.08. The highest BCUT2D eigenvalue weighted by molar-refractivity contribution is 14.0. The summed E-state index contributed by atoms with van der Waals surface area (Å²) in [6.07, 6.45) is 0.161. The maximum Gasteiger partial charge on any atom is 0.193 e. The lowest BCUT2D eigenvalue weighted by atomic mass is 10.1. The van der Waals surface area contributed by atoms with E-state index in [0.29, 0.717) is 0 Å². The predicted molar refractivity (Wildman–Crippen MR) is 102 cm³/mol. The Kier molecular flexibility index (Phi) is 7.41. The molecular formula is C17H20F2IN3.